The quantitative estimate of drug-likeness (QED) is 0.870. The summed E-state index contributed by atoms with van der Waals surface area (Å²) in [5, 5.41) is 1.48. The van der Waals surface area contributed by atoms with Crippen LogP contribution in [0.2, 0.25) is 5.02 Å². The lowest BCUT2D eigenvalue weighted by molar-refractivity contribution is 0.305. The lowest BCUT2D eigenvalue weighted by Gasteiger charge is -2.02. The number of aromatic nitrogens is 2. The van der Waals surface area contributed by atoms with Gasteiger partial charge in [0.2, 0.25) is 4.73 Å². The largest absolute Gasteiger partial charge is 0.486 e. The van der Waals surface area contributed by atoms with E-state index in [2.05, 4.69) is 25.3 Å². The van der Waals surface area contributed by atoms with Crippen LogP contribution in [0.25, 0.3) is 0 Å². The number of benzene rings is 1. The Labute approximate surface area is 104 Å². The maximum absolute atomic E-state index is 5.82. The van der Waals surface area contributed by atoms with Gasteiger partial charge in [0, 0.05) is 5.02 Å². The van der Waals surface area contributed by atoms with Gasteiger partial charge in [-0.2, -0.15) is 4.37 Å². The molecule has 0 radical (unpaired) electrons. The summed E-state index contributed by atoms with van der Waals surface area (Å²) in [6.45, 7) is 0.406. The molecule has 0 fully saturated rings. The second kappa shape index (κ2) is 4.92. The van der Waals surface area contributed by atoms with Gasteiger partial charge in [0.05, 0.1) is 0 Å². The molecule has 6 heteroatoms. The molecule has 78 valence electrons. The molecule has 0 aliphatic rings. The Balaban J connectivity index is 1.99. The van der Waals surface area contributed by atoms with E-state index in [1.807, 2.05) is 12.1 Å². The van der Waals surface area contributed by atoms with Gasteiger partial charge in [0.1, 0.15) is 12.4 Å². The van der Waals surface area contributed by atoms with Gasteiger partial charge in [-0.15, -0.1) is 0 Å². The predicted octanol–water partition coefficient (Wildman–Crippen LogP) is 3.53. The second-order valence-corrected chi connectivity index (χ2v) is 4.69. The van der Waals surface area contributed by atoms with Crippen molar-refractivity contribution < 1.29 is 4.74 Å². The molecule has 0 saturated heterocycles. The number of hydrogen-bond donors (Lipinski definition) is 0. The molecule has 1 heterocycles. The van der Waals surface area contributed by atoms with E-state index in [1.165, 1.54) is 11.5 Å². The van der Waals surface area contributed by atoms with Crippen molar-refractivity contribution in [2.75, 3.05) is 0 Å². The molecule has 2 aromatic rings. The fourth-order valence-electron chi connectivity index (χ4n) is 0.995. The van der Waals surface area contributed by atoms with Gasteiger partial charge in [-0.3, -0.25) is 0 Å². The van der Waals surface area contributed by atoms with Crippen LogP contribution < -0.4 is 4.74 Å². The van der Waals surface area contributed by atoms with Crippen molar-refractivity contribution in [2.24, 2.45) is 0 Å². The fourth-order valence-corrected chi connectivity index (χ4v) is 2.18. The van der Waals surface area contributed by atoms with Crippen LogP contribution >= 0.6 is 39.1 Å². The molecule has 0 saturated carbocycles. The first-order valence-electron chi connectivity index (χ1n) is 4.10. The Morgan fingerprint density at radius 2 is 2.33 bits per heavy atom. The summed E-state index contributed by atoms with van der Waals surface area (Å²) in [5.41, 5.74) is 0. The third kappa shape index (κ3) is 3.15. The van der Waals surface area contributed by atoms with Crippen LogP contribution in [0.4, 0.5) is 0 Å². The zero-order valence-corrected chi connectivity index (χ0v) is 10.6. The molecule has 0 atom stereocenters. The van der Waals surface area contributed by atoms with Crippen molar-refractivity contribution in [3.63, 3.8) is 0 Å². The second-order valence-electron chi connectivity index (χ2n) is 2.70. The molecule has 1 aromatic carbocycles. The highest BCUT2D eigenvalue weighted by Crippen LogP contribution is 2.19. The molecule has 2 rings (SSSR count). The summed E-state index contributed by atoms with van der Waals surface area (Å²) in [4.78, 5) is 4.11. The number of rotatable bonds is 3. The lowest BCUT2D eigenvalue weighted by atomic mass is 10.3. The number of ether oxygens (including phenoxy) is 1. The first-order valence-corrected chi connectivity index (χ1v) is 6.05. The van der Waals surface area contributed by atoms with Gasteiger partial charge in [0.15, 0.2) is 5.01 Å². The SMILES string of the molecule is Clc1cccc(OCc2nc(Br)ns2)c1. The third-order valence-electron chi connectivity index (χ3n) is 1.60. The standard InChI is InChI=1S/C9H6BrClN2OS/c10-9-12-8(15-13-9)5-14-7-3-1-2-6(11)4-7/h1-4H,5H2. The van der Waals surface area contributed by atoms with Crippen LogP contribution in [0.1, 0.15) is 5.01 Å². The van der Waals surface area contributed by atoms with Crippen molar-refractivity contribution in [3.05, 3.63) is 39.0 Å². The molecule has 0 aliphatic carbocycles. The number of nitrogens with zero attached hydrogens (tertiary/aromatic N) is 2. The smallest absolute Gasteiger partial charge is 0.209 e. The van der Waals surface area contributed by atoms with E-state index in [0.717, 1.165) is 10.8 Å². The molecule has 0 aliphatic heterocycles. The highest BCUT2D eigenvalue weighted by Gasteiger charge is 2.02. The minimum absolute atomic E-state index is 0.406. The highest BCUT2D eigenvalue weighted by atomic mass is 79.9. The average Bonchev–Trinajstić information content (AvgIpc) is 2.62. The van der Waals surface area contributed by atoms with Gasteiger partial charge < -0.3 is 4.74 Å². The molecular weight excluding hydrogens is 300 g/mol. The summed E-state index contributed by atoms with van der Waals surface area (Å²) in [6, 6.07) is 7.25. The summed E-state index contributed by atoms with van der Waals surface area (Å²) in [7, 11) is 0. The third-order valence-corrected chi connectivity index (χ3v) is 3.11. The molecule has 0 unspecified atom stereocenters. The lowest BCUT2D eigenvalue weighted by Crippen LogP contribution is -1.94. The van der Waals surface area contributed by atoms with Crippen LogP contribution in [-0.2, 0) is 6.61 Å². The topological polar surface area (TPSA) is 35.0 Å². The normalized spacial score (nSPS) is 10.3. The van der Waals surface area contributed by atoms with Crippen molar-refractivity contribution in [3.8, 4) is 5.75 Å². The maximum atomic E-state index is 5.82. The van der Waals surface area contributed by atoms with Crippen LogP contribution in [0.5, 0.6) is 5.75 Å². The molecular formula is C9H6BrClN2OS. The molecule has 0 N–H and O–H groups in total. The Bertz CT molecular complexity index is 463. The first-order chi connectivity index (χ1) is 7.24. The Morgan fingerprint density at radius 1 is 1.47 bits per heavy atom. The Morgan fingerprint density at radius 3 is 3.00 bits per heavy atom. The van der Waals surface area contributed by atoms with E-state index in [4.69, 9.17) is 16.3 Å². The van der Waals surface area contributed by atoms with E-state index >= 15 is 0 Å². The van der Waals surface area contributed by atoms with E-state index in [9.17, 15) is 0 Å². The Kier molecular flexibility index (Phi) is 3.56. The van der Waals surface area contributed by atoms with E-state index in [1.54, 1.807) is 12.1 Å². The van der Waals surface area contributed by atoms with Gasteiger partial charge in [-0.25, -0.2) is 4.98 Å². The Hall–Kier alpha value is -0.650. The maximum Gasteiger partial charge on any atom is 0.209 e. The average molecular weight is 306 g/mol. The highest BCUT2D eigenvalue weighted by molar-refractivity contribution is 9.10. The number of hydrogen-bond acceptors (Lipinski definition) is 4. The van der Waals surface area contributed by atoms with Crippen molar-refractivity contribution in [2.45, 2.75) is 6.61 Å². The zero-order chi connectivity index (χ0) is 10.7. The van der Waals surface area contributed by atoms with Gasteiger partial charge in [0.25, 0.3) is 0 Å². The van der Waals surface area contributed by atoms with Crippen molar-refractivity contribution >= 4 is 39.1 Å². The molecule has 3 nitrogen and oxygen atoms in total. The molecule has 0 spiro atoms. The van der Waals surface area contributed by atoms with Crippen molar-refractivity contribution in [1.82, 2.24) is 9.36 Å². The predicted molar refractivity (Wildman–Crippen MR) is 63.4 cm³/mol. The van der Waals surface area contributed by atoms with Crippen LogP contribution in [-0.4, -0.2) is 9.36 Å². The summed E-state index contributed by atoms with van der Waals surface area (Å²) in [6.07, 6.45) is 0. The molecule has 0 bridgehead atoms. The first kappa shape index (κ1) is 10.9. The van der Waals surface area contributed by atoms with Gasteiger partial charge in [-0.05, 0) is 45.7 Å². The minimum atomic E-state index is 0.406. The summed E-state index contributed by atoms with van der Waals surface area (Å²) < 4.78 is 10.1. The van der Waals surface area contributed by atoms with E-state index in [-0.39, 0.29) is 0 Å². The molecule has 15 heavy (non-hydrogen) atoms. The summed E-state index contributed by atoms with van der Waals surface area (Å²) in [5.74, 6) is 0.730. The molecule has 1 aromatic heterocycles. The van der Waals surface area contributed by atoms with Crippen LogP contribution in [0, 0.1) is 0 Å². The molecule has 0 amide bonds. The van der Waals surface area contributed by atoms with Crippen LogP contribution in [0.15, 0.2) is 29.0 Å². The number of halogens is 2. The van der Waals surface area contributed by atoms with E-state index in [0.29, 0.717) is 16.4 Å². The summed E-state index contributed by atoms with van der Waals surface area (Å²) >= 11 is 10.3. The van der Waals surface area contributed by atoms with Gasteiger partial charge >= 0.3 is 0 Å². The van der Waals surface area contributed by atoms with Gasteiger partial charge in [-0.1, -0.05) is 17.7 Å². The van der Waals surface area contributed by atoms with E-state index < -0.39 is 0 Å². The zero-order valence-electron chi connectivity index (χ0n) is 7.48. The van der Waals surface area contributed by atoms with Crippen LogP contribution in [0.3, 0.4) is 0 Å². The monoisotopic (exact) mass is 304 g/mol. The fraction of sp³-hybridized carbons (Fsp3) is 0.111. The minimum Gasteiger partial charge on any atom is -0.486 e. The van der Waals surface area contributed by atoms with Crippen molar-refractivity contribution in [1.29, 1.82) is 0 Å².